The van der Waals surface area contributed by atoms with Crippen LogP contribution in [0.25, 0.3) is 0 Å². The summed E-state index contributed by atoms with van der Waals surface area (Å²) in [6.45, 7) is 12.5. The van der Waals surface area contributed by atoms with Gasteiger partial charge in [0.05, 0.1) is 11.9 Å². The molecule has 2 heterocycles. The van der Waals surface area contributed by atoms with Crippen LogP contribution < -0.4 is 16.8 Å². The fourth-order valence-corrected chi connectivity index (χ4v) is 10.4. The number of hydrazone groups is 1. The molecular weight excluding hydrogens is 837 g/mol. The minimum absolute atomic E-state index is 0.0128. The van der Waals surface area contributed by atoms with Crippen molar-refractivity contribution in [2.24, 2.45) is 34.2 Å². The zero-order chi connectivity index (χ0) is 46.9. The molecule has 4 aliphatic carbocycles. The highest BCUT2D eigenvalue weighted by Gasteiger charge is 2.60. The summed E-state index contributed by atoms with van der Waals surface area (Å²) in [5.41, 5.74) is 11.4. The Balaban J connectivity index is 0.914. The number of ether oxygens (including phenoxy) is 3. The van der Waals surface area contributed by atoms with Gasteiger partial charge < -0.3 is 30.2 Å². The molecule has 0 aromatic carbocycles. The van der Waals surface area contributed by atoms with E-state index >= 15 is 0 Å². The largest absolute Gasteiger partial charge is 0.495 e. The molecule has 0 spiro atoms. The summed E-state index contributed by atoms with van der Waals surface area (Å²) in [4.78, 5) is 41.4. The number of allylic oxidation sites excluding steroid dienone is 6. The van der Waals surface area contributed by atoms with Crippen molar-refractivity contribution in [3.63, 3.8) is 0 Å². The Bertz CT molecular complexity index is 2080. The number of carbonyl (C=O) groups excluding carboxylic acids is 2. The van der Waals surface area contributed by atoms with Crippen LogP contribution in [0, 0.1) is 29.1 Å². The minimum Gasteiger partial charge on any atom is -0.495 e. The summed E-state index contributed by atoms with van der Waals surface area (Å²) in [7, 11) is 0. The number of alkyl halides is 2. The van der Waals surface area contributed by atoms with Crippen molar-refractivity contribution in [2.45, 2.75) is 173 Å². The van der Waals surface area contributed by atoms with Gasteiger partial charge in [-0.05, 0) is 143 Å². The van der Waals surface area contributed by atoms with Gasteiger partial charge in [-0.15, -0.1) is 0 Å². The Morgan fingerprint density at radius 3 is 2.65 bits per heavy atom. The number of fused-ring (bicyclic) bond motifs is 1. The summed E-state index contributed by atoms with van der Waals surface area (Å²) < 4.78 is 47.7. The lowest BCUT2D eigenvalue weighted by Crippen LogP contribution is -2.42. The van der Waals surface area contributed by atoms with Gasteiger partial charge >= 0.3 is 17.6 Å². The van der Waals surface area contributed by atoms with E-state index < -0.39 is 42.6 Å². The van der Waals surface area contributed by atoms with Crippen molar-refractivity contribution in [2.75, 3.05) is 12.3 Å². The number of nitrogens with two attached hydrogens (primary N) is 1. The molecule has 15 heteroatoms. The predicted octanol–water partition coefficient (Wildman–Crippen LogP) is 8.55. The summed E-state index contributed by atoms with van der Waals surface area (Å²) in [6, 6.07) is 1.18. The quantitative estimate of drug-likeness (QED) is 0.0325. The normalized spacial score (nSPS) is 30.4. The van der Waals surface area contributed by atoms with Crippen LogP contribution in [0.1, 0.15) is 143 Å². The van der Waals surface area contributed by atoms with Crippen molar-refractivity contribution in [3.05, 3.63) is 82.2 Å². The molecule has 65 heavy (non-hydrogen) atoms. The number of halogens is 2. The second-order valence-corrected chi connectivity index (χ2v) is 19.2. The third-order valence-electron chi connectivity index (χ3n) is 14.3. The van der Waals surface area contributed by atoms with Gasteiger partial charge in [0.15, 0.2) is 6.10 Å². The number of rotatable bonds is 20. The van der Waals surface area contributed by atoms with E-state index in [1.54, 1.807) is 13.0 Å². The van der Waals surface area contributed by atoms with Gasteiger partial charge in [0.1, 0.15) is 24.6 Å². The third kappa shape index (κ3) is 12.7. The summed E-state index contributed by atoms with van der Waals surface area (Å²) in [5.74, 6) is -2.23. The molecule has 358 valence electrons. The van der Waals surface area contributed by atoms with Crippen LogP contribution in [0.4, 0.5) is 14.6 Å². The number of anilines is 1. The molecule has 6 rings (SSSR count). The molecule has 1 aromatic rings. The number of hydrogen-bond acceptors (Lipinski definition) is 11. The fraction of sp³-hybridized carbons (Fsp3) is 0.660. The number of nitrogen functional groups attached to an aromatic ring is 1. The van der Waals surface area contributed by atoms with Crippen molar-refractivity contribution < 1.29 is 42.8 Å². The van der Waals surface area contributed by atoms with Gasteiger partial charge in [-0.3, -0.25) is 14.2 Å². The lowest BCUT2D eigenvalue weighted by molar-refractivity contribution is -0.147. The molecule has 0 bridgehead atoms. The van der Waals surface area contributed by atoms with Crippen LogP contribution in [0.3, 0.4) is 0 Å². The molecule has 5 N–H and O–H groups in total. The topological polar surface area (TPSA) is 188 Å². The van der Waals surface area contributed by atoms with E-state index in [2.05, 4.69) is 60.2 Å². The number of aliphatic hydroxyl groups is 2. The van der Waals surface area contributed by atoms with Crippen LogP contribution in [0.2, 0.25) is 0 Å². The van der Waals surface area contributed by atoms with Crippen LogP contribution in [0.15, 0.2) is 81.6 Å². The third-order valence-corrected chi connectivity index (χ3v) is 14.3. The first-order valence-electron chi connectivity index (χ1n) is 23.9. The number of nitrogens with zero attached hydrogens (tertiary/aromatic N) is 3. The number of esters is 1. The zero-order valence-electron chi connectivity index (χ0n) is 38.7. The molecular formula is C50H71F2N5O8. The highest BCUT2D eigenvalue weighted by atomic mass is 19.3. The van der Waals surface area contributed by atoms with E-state index in [9.17, 15) is 33.4 Å². The van der Waals surface area contributed by atoms with E-state index in [0.29, 0.717) is 59.0 Å². The maximum Gasteiger partial charge on any atom is 0.351 e. The predicted molar refractivity (Wildman–Crippen MR) is 245 cm³/mol. The van der Waals surface area contributed by atoms with Gasteiger partial charge in [0.25, 0.3) is 0 Å². The first-order valence-corrected chi connectivity index (χ1v) is 23.9. The number of nitrogens with one attached hydrogen (secondary N) is 1. The maximum absolute atomic E-state index is 15.0. The first-order chi connectivity index (χ1) is 31.0. The molecule has 1 aliphatic heterocycles. The van der Waals surface area contributed by atoms with Gasteiger partial charge in [-0.2, -0.15) is 18.9 Å². The van der Waals surface area contributed by atoms with Crippen LogP contribution in [0.5, 0.6) is 0 Å². The standard InChI is InChI=1S/C50H71F2N5O8/c1-6-7-14-37(63-30-42-46(61)50(51,52)47(65-42)57-29-27-43(53)54-48(57)62)22-26-44(59)56-55-32(3)11-8-16-45(60)64-41-15-9-12-34(33(41)4)18-19-35-13-10-28-49(5)38(23-24-39(35)49)31(2)17-25-40(58)36-20-21-36/h14,17-19,25,27,29,31,36,38-42,46-47,58,61H,4,6-13,15-16,20-24,26,28,30H2,1-3,5H3,(H,56,59)(H2,53,54,62)/b25-17+,34-18-,35-19+,37-14?,55-32+/t31-,38?,39?,40?,41-,42?,46?,47?,49+/m0/s1. The fourth-order valence-electron chi connectivity index (χ4n) is 10.4. The zero-order valence-corrected chi connectivity index (χ0v) is 38.7. The van der Waals surface area contributed by atoms with Crippen LogP contribution >= 0.6 is 0 Å². The Morgan fingerprint density at radius 2 is 1.91 bits per heavy atom. The number of unbranched alkanes of at least 4 members (excludes halogenated alkanes) is 1. The highest BCUT2D eigenvalue weighted by Crippen LogP contribution is 2.59. The van der Waals surface area contributed by atoms with Crippen molar-refractivity contribution in [1.29, 1.82) is 0 Å². The van der Waals surface area contributed by atoms with Crippen molar-refractivity contribution >= 4 is 23.4 Å². The second kappa shape index (κ2) is 22.3. The second-order valence-electron chi connectivity index (χ2n) is 19.2. The van der Waals surface area contributed by atoms with E-state index in [1.807, 2.05) is 6.92 Å². The summed E-state index contributed by atoms with van der Waals surface area (Å²) >= 11 is 0. The number of carbonyl (C=O) groups is 2. The molecule has 4 saturated carbocycles. The average Bonchev–Trinajstić information content (AvgIpc) is 4.02. The highest BCUT2D eigenvalue weighted by molar-refractivity contribution is 5.84. The van der Waals surface area contributed by atoms with E-state index in [4.69, 9.17) is 19.9 Å². The van der Waals surface area contributed by atoms with Crippen LogP contribution in [-0.4, -0.2) is 74.3 Å². The lowest BCUT2D eigenvalue weighted by atomic mass is 9.61. The maximum atomic E-state index is 15.0. The van der Waals surface area contributed by atoms with Gasteiger partial charge in [-0.1, -0.05) is 63.6 Å². The average molecular weight is 908 g/mol. The molecule has 6 unspecified atom stereocenters. The molecule has 0 radical (unpaired) electrons. The Morgan fingerprint density at radius 1 is 1.12 bits per heavy atom. The Labute approximate surface area is 382 Å². The van der Waals surface area contributed by atoms with Crippen LogP contribution in [-0.2, 0) is 23.8 Å². The van der Waals surface area contributed by atoms with Crippen molar-refractivity contribution in [3.8, 4) is 0 Å². The molecule has 5 fully saturated rings. The number of aliphatic hydroxyl groups excluding tert-OH is 2. The van der Waals surface area contributed by atoms with E-state index in [0.717, 1.165) is 62.3 Å². The summed E-state index contributed by atoms with van der Waals surface area (Å²) in [6.07, 6.45) is 18.6. The number of aromatic nitrogens is 2. The SMILES string of the molecule is C=C1/C(=C\C=C2/CCC[C@@]3(C)C2CCC3[C@@H](C)/C=C/C(O)C2CC2)CCC[C@@H]1OC(=O)CCC/C(C)=N/NC(=O)CCC(=CCCC)OCC1OC(n2ccc(N)nc2=O)C(F)(F)C1O. The molecule has 9 atom stereocenters. The Kier molecular flexibility index (Phi) is 17.2. The van der Waals surface area contributed by atoms with E-state index in [1.165, 1.54) is 37.3 Å². The molecule has 5 aliphatic rings. The van der Waals surface area contributed by atoms with Gasteiger partial charge in [0.2, 0.25) is 12.1 Å². The molecule has 13 nitrogen and oxygen atoms in total. The van der Waals surface area contributed by atoms with Gasteiger partial charge in [-0.25, -0.2) is 10.2 Å². The first kappa shape index (κ1) is 50.0. The molecule has 1 aromatic heterocycles. The molecule has 1 amide bonds. The molecule has 1 saturated heterocycles. The Hall–Kier alpha value is -4.47. The van der Waals surface area contributed by atoms with Crippen molar-refractivity contribution in [1.82, 2.24) is 15.0 Å². The lowest BCUT2D eigenvalue weighted by Gasteiger charge is -2.44. The monoisotopic (exact) mass is 908 g/mol. The number of hydrogen-bond donors (Lipinski definition) is 4. The smallest absolute Gasteiger partial charge is 0.351 e. The van der Waals surface area contributed by atoms with E-state index in [-0.39, 0.29) is 48.7 Å². The number of amides is 1. The minimum atomic E-state index is -3.82. The summed E-state index contributed by atoms with van der Waals surface area (Å²) in [5, 5.41) is 25.0. The van der Waals surface area contributed by atoms with Gasteiger partial charge in [0, 0.05) is 31.2 Å².